The highest BCUT2D eigenvalue weighted by Crippen LogP contribution is 2.23. The van der Waals surface area contributed by atoms with Crippen LogP contribution in [0.15, 0.2) is 48.5 Å². The lowest BCUT2D eigenvalue weighted by atomic mass is 10.1. The van der Waals surface area contributed by atoms with Crippen molar-refractivity contribution in [2.24, 2.45) is 0 Å². The molecule has 3 rings (SSSR count). The van der Waals surface area contributed by atoms with Crippen molar-refractivity contribution in [3.63, 3.8) is 0 Å². The van der Waals surface area contributed by atoms with Crippen molar-refractivity contribution < 1.29 is 14.3 Å². The van der Waals surface area contributed by atoms with Crippen LogP contribution in [0.4, 0.5) is 10.5 Å². The first-order valence-electron chi connectivity index (χ1n) is 9.22. The zero-order chi connectivity index (χ0) is 19.1. The van der Waals surface area contributed by atoms with E-state index in [4.69, 9.17) is 4.74 Å². The lowest BCUT2D eigenvalue weighted by Gasteiger charge is -2.16. The van der Waals surface area contributed by atoms with Gasteiger partial charge < -0.3 is 20.3 Å². The molecule has 0 saturated heterocycles. The van der Waals surface area contributed by atoms with E-state index < -0.39 is 0 Å². The summed E-state index contributed by atoms with van der Waals surface area (Å²) in [5, 5.41) is 5.76. The molecule has 0 unspecified atom stereocenters. The summed E-state index contributed by atoms with van der Waals surface area (Å²) in [6, 6.07) is 15.7. The summed E-state index contributed by atoms with van der Waals surface area (Å²) >= 11 is 0. The number of amides is 3. The molecule has 6 heteroatoms. The van der Waals surface area contributed by atoms with Crippen LogP contribution in [0.5, 0.6) is 0 Å². The number of anilines is 1. The van der Waals surface area contributed by atoms with Crippen LogP contribution in [-0.2, 0) is 29.0 Å². The van der Waals surface area contributed by atoms with Crippen molar-refractivity contribution in [2.75, 3.05) is 25.1 Å². The van der Waals surface area contributed by atoms with Gasteiger partial charge in [-0.15, -0.1) is 0 Å². The zero-order valence-electron chi connectivity index (χ0n) is 15.5. The van der Waals surface area contributed by atoms with Gasteiger partial charge in [-0.1, -0.05) is 36.4 Å². The van der Waals surface area contributed by atoms with Gasteiger partial charge in [0.15, 0.2) is 0 Å². The molecule has 1 aliphatic rings. The van der Waals surface area contributed by atoms with E-state index in [0.29, 0.717) is 26.2 Å². The molecular weight excluding hydrogens is 342 g/mol. The fourth-order valence-corrected chi connectivity index (χ4v) is 3.03. The van der Waals surface area contributed by atoms with Crippen LogP contribution in [0.25, 0.3) is 0 Å². The molecule has 142 valence electrons. The minimum atomic E-state index is -0.104. The van der Waals surface area contributed by atoms with Gasteiger partial charge in [0, 0.05) is 31.9 Å². The summed E-state index contributed by atoms with van der Waals surface area (Å²) < 4.78 is 5.06. The number of fused-ring (bicyclic) bond motifs is 1. The summed E-state index contributed by atoms with van der Waals surface area (Å²) in [6.45, 7) is 4.33. The Morgan fingerprint density at radius 3 is 2.33 bits per heavy atom. The number of nitrogens with one attached hydrogen (secondary N) is 2. The van der Waals surface area contributed by atoms with E-state index in [9.17, 15) is 9.59 Å². The van der Waals surface area contributed by atoms with Crippen LogP contribution < -0.4 is 10.6 Å². The molecule has 0 spiro atoms. The first-order chi connectivity index (χ1) is 13.2. The molecule has 2 aromatic rings. The van der Waals surface area contributed by atoms with E-state index in [1.807, 2.05) is 43.3 Å². The van der Waals surface area contributed by atoms with Gasteiger partial charge in [0.25, 0.3) is 0 Å². The van der Waals surface area contributed by atoms with E-state index in [2.05, 4.69) is 22.8 Å². The van der Waals surface area contributed by atoms with E-state index in [1.54, 1.807) is 4.90 Å². The lowest BCUT2D eigenvalue weighted by Crippen LogP contribution is -2.30. The first kappa shape index (κ1) is 18.9. The van der Waals surface area contributed by atoms with Crippen molar-refractivity contribution in [2.45, 2.75) is 26.4 Å². The minimum absolute atomic E-state index is 0.0952. The average Bonchev–Trinajstić information content (AvgIpc) is 3.12. The Labute approximate surface area is 159 Å². The fourth-order valence-electron chi connectivity index (χ4n) is 3.03. The Balaban J connectivity index is 1.44. The van der Waals surface area contributed by atoms with Crippen LogP contribution in [0.3, 0.4) is 0 Å². The summed E-state index contributed by atoms with van der Waals surface area (Å²) in [5.74, 6) is -0.104. The van der Waals surface area contributed by atoms with E-state index >= 15 is 0 Å². The van der Waals surface area contributed by atoms with Gasteiger partial charge in [-0.05, 0) is 42.2 Å². The second kappa shape index (κ2) is 9.19. The summed E-state index contributed by atoms with van der Waals surface area (Å²) in [4.78, 5) is 25.7. The third-order valence-corrected chi connectivity index (χ3v) is 4.51. The highest BCUT2D eigenvalue weighted by atomic mass is 16.5. The van der Waals surface area contributed by atoms with Gasteiger partial charge in [-0.25, -0.2) is 4.79 Å². The monoisotopic (exact) mass is 367 g/mol. The topological polar surface area (TPSA) is 70.7 Å². The van der Waals surface area contributed by atoms with Crippen molar-refractivity contribution in [1.29, 1.82) is 0 Å². The lowest BCUT2D eigenvalue weighted by molar-refractivity contribution is -0.125. The molecule has 0 atom stereocenters. The number of ether oxygens (including phenoxy) is 1. The maximum absolute atomic E-state index is 12.5. The van der Waals surface area contributed by atoms with Crippen LogP contribution in [0, 0.1) is 0 Å². The molecule has 0 saturated carbocycles. The quantitative estimate of drug-likeness (QED) is 0.790. The van der Waals surface area contributed by atoms with Crippen LogP contribution in [0.2, 0.25) is 0 Å². The molecule has 2 aromatic carbocycles. The predicted molar refractivity (Wildman–Crippen MR) is 104 cm³/mol. The highest BCUT2D eigenvalue weighted by molar-refractivity contribution is 5.89. The molecule has 27 heavy (non-hydrogen) atoms. The number of nitrogens with zero attached hydrogens (tertiary/aromatic N) is 1. The Kier molecular flexibility index (Phi) is 6.44. The van der Waals surface area contributed by atoms with Crippen molar-refractivity contribution in [3.8, 4) is 0 Å². The molecule has 0 radical (unpaired) electrons. The molecule has 1 heterocycles. The average molecular weight is 367 g/mol. The molecule has 1 aliphatic heterocycles. The number of hydrogen-bond acceptors (Lipinski definition) is 3. The van der Waals surface area contributed by atoms with Gasteiger partial charge in [-0.2, -0.15) is 0 Å². The highest BCUT2D eigenvalue weighted by Gasteiger charge is 2.22. The molecule has 2 N–H and O–H groups in total. The standard InChI is InChI=1S/C21H25N3O3/c1-2-27-15-20(25)22-12-11-16-7-9-19(10-8-16)23-21(26)24-13-17-5-3-4-6-18(17)14-24/h3-10H,2,11-15H2,1H3,(H,22,25)(H,23,26). The Morgan fingerprint density at radius 1 is 1.04 bits per heavy atom. The number of hydrogen-bond donors (Lipinski definition) is 2. The number of carbonyl (C=O) groups is 2. The first-order valence-corrected chi connectivity index (χ1v) is 9.22. The summed E-state index contributed by atoms with van der Waals surface area (Å²) in [7, 11) is 0. The zero-order valence-corrected chi connectivity index (χ0v) is 15.5. The Morgan fingerprint density at radius 2 is 1.70 bits per heavy atom. The molecule has 0 aliphatic carbocycles. The largest absolute Gasteiger partial charge is 0.372 e. The maximum Gasteiger partial charge on any atom is 0.322 e. The van der Waals surface area contributed by atoms with Gasteiger partial charge in [0.1, 0.15) is 6.61 Å². The van der Waals surface area contributed by atoms with Gasteiger partial charge >= 0.3 is 6.03 Å². The number of urea groups is 1. The number of rotatable bonds is 7. The molecular formula is C21H25N3O3. The summed E-state index contributed by atoms with van der Waals surface area (Å²) in [5.41, 5.74) is 4.27. The van der Waals surface area contributed by atoms with Crippen LogP contribution in [-0.4, -0.2) is 36.6 Å². The van der Waals surface area contributed by atoms with Crippen molar-refractivity contribution in [3.05, 3.63) is 65.2 Å². The third-order valence-electron chi connectivity index (χ3n) is 4.51. The normalized spacial score (nSPS) is 12.6. The van der Waals surface area contributed by atoms with E-state index in [0.717, 1.165) is 17.7 Å². The van der Waals surface area contributed by atoms with Crippen molar-refractivity contribution >= 4 is 17.6 Å². The van der Waals surface area contributed by atoms with Crippen LogP contribution >= 0.6 is 0 Å². The number of carbonyl (C=O) groups excluding carboxylic acids is 2. The van der Waals surface area contributed by atoms with Gasteiger partial charge in [0.05, 0.1) is 0 Å². The third kappa shape index (κ3) is 5.31. The molecule has 0 bridgehead atoms. The van der Waals surface area contributed by atoms with E-state index in [1.165, 1.54) is 11.1 Å². The van der Waals surface area contributed by atoms with Gasteiger partial charge in [-0.3, -0.25) is 4.79 Å². The Bertz CT molecular complexity index is 765. The molecule has 3 amide bonds. The fraction of sp³-hybridized carbons (Fsp3) is 0.333. The van der Waals surface area contributed by atoms with E-state index in [-0.39, 0.29) is 18.5 Å². The molecule has 0 fully saturated rings. The smallest absolute Gasteiger partial charge is 0.322 e. The van der Waals surface area contributed by atoms with Crippen LogP contribution in [0.1, 0.15) is 23.6 Å². The Hall–Kier alpha value is -2.86. The second-order valence-electron chi connectivity index (χ2n) is 6.49. The SMILES string of the molecule is CCOCC(=O)NCCc1ccc(NC(=O)N2Cc3ccccc3C2)cc1. The second-order valence-corrected chi connectivity index (χ2v) is 6.49. The summed E-state index contributed by atoms with van der Waals surface area (Å²) in [6.07, 6.45) is 0.730. The van der Waals surface area contributed by atoms with Crippen molar-refractivity contribution in [1.82, 2.24) is 10.2 Å². The number of benzene rings is 2. The minimum Gasteiger partial charge on any atom is -0.372 e. The molecule has 6 nitrogen and oxygen atoms in total. The van der Waals surface area contributed by atoms with Gasteiger partial charge in [0.2, 0.25) is 5.91 Å². The molecule has 0 aromatic heterocycles. The predicted octanol–water partition coefficient (Wildman–Crippen LogP) is 2.93. The maximum atomic E-state index is 12.5.